The first kappa shape index (κ1) is 10.7. The summed E-state index contributed by atoms with van der Waals surface area (Å²) in [5.41, 5.74) is 0.778. The second kappa shape index (κ2) is 4.39. The Kier molecular flexibility index (Phi) is 3.14. The molecule has 2 atom stereocenters. The third-order valence-corrected chi connectivity index (χ3v) is 2.92. The van der Waals surface area contributed by atoms with Gasteiger partial charge in [-0.2, -0.15) is 0 Å². The minimum absolute atomic E-state index is 0.172. The lowest BCUT2D eigenvalue weighted by molar-refractivity contribution is 0.153. The van der Waals surface area contributed by atoms with E-state index in [4.69, 9.17) is 16.3 Å². The molecule has 0 aliphatic carbocycles. The molecule has 0 amide bonds. The first-order valence-corrected chi connectivity index (χ1v) is 5.36. The molecule has 3 nitrogen and oxygen atoms in total. The van der Waals surface area contributed by atoms with Crippen molar-refractivity contribution in [2.45, 2.75) is 18.6 Å². The molecule has 82 valence electrons. The highest BCUT2D eigenvalue weighted by molar-refractivity contribution is 6.30. The van der Waals surface area contributed by atoms with Gasteiger partial charge in [0, 0.05) is 16.6 Å². The van der Waals surface area contributed by atoms with E-state index in [0.29, 0.717) is 18.1 Å². The van der Waals surface area contributed by atoms with Crippen LogP contribution in [-0.2, 0) is 0 Å². The number of aliphatic hydroxyl groups excluding tert-OH is 1. The minimum atomic E-state index is -0.515. The van der Waals surface area contributed by atoms with E-state index >= 15 is 0 Å². The number of ether oxygens (including phenoxy) is 1. The Bertz CT molecular complexity index is 356. The summed E-state index contributed by atoms with van der Waals surface area (Å²) in [5.74, 6) is 0.727. The summed E-state index contributed by atoms with van der Waals surface area (Å²) in [7, 11) is 1.86. The zero-order valence-corrected chi connectivity index (χ0v) is 9.29. The largest absolute Gasteiger partial charge is 0.492 e. The van der Waals surface area contributed by atoms with Crippen LogP contribution in [0.3, 0.4) is 0 Å². The van der Waals surface area contributed by atoms with Gasteiger partial charge in [0.25, 0.3) is 0 Å². The van der Waals surface area contributed by atoms with Gasteiger partial charge < -0.3 is 15.2 Å². The second-order valence-electron chi connectivity index (χ2n) is 3.73. The summed E-state index contributed by atoms with van der Waals surface area (Å²) in [6.07, 6.45) is 0.128. The van der Waals surface area contributed by atoms with Crippen LogP contribution in [0, 0.1) is 0 Å². The van der Waals surface area contributed by atoms with E-state index in [1.165, 1.54) is 0 Å². The summed E-state index contributed by atoms with van der Waals surface area (Å²) in [6.45, 7) is 0.572. The number of benzene rings is 1. The van der Waals surface area contributed by atoms with Gasteiger partial charge in [-0.15, -0.1) is 0 Å². The Morgan fingerprint density at radius 3 is 3.07 bits per heavy atom. The van der Waals surface area contributed by atoms with Gasteiger partial charge in [0.05, 0.1) is 6.10 Å². The van der Waals surface area contributed by atoms with Crippen molar-refractivity contribution in [1.29, 1.82) is 0 Å². The van der Waals surface area contributed by atoms with Crippen molar-refractivity contribution >= 4 is 11.6 Å². The molecule has 0 aromatic heterocycles. The zero-order chi connectivity index (χ0) is 10.8. The van der Waals surface area contributed by atoms with Gasteiger partial charge in [-0.05, 0) is 31.7 Å². The standard InChI is InChI=1S/C11H14ClNO2/c1-13-8-5-10(14)9-4-7(12)2-3-11(9)15-6-8/h2-4,8,10,13-14H,5-6H2,1H3/t8-,10+/m1/s1. The maximum Gasteiger partial charge on any atom is 0.125 e. The number of rotatable bonds is 1. The van der Waals surface area contributed by atoms with E-state index in [-0.39, 0.29) is 6.04 Å². The van der Waals surface area contributed by atoms with E-state index < -0.39 is 6.10 Å². The maximum absolute atomic E-state index is 9.99. The summed E-state index contributed by atoms with van der Waals surface area (Å²) < 4.78 is 5.60. The summed E-state index contributed by atoms with van der Waals surface area (Å²) in [5, 5.41) is 13.7. The molecule has 0 fully saturated rings. The van der Waals surface area contributed by atoms with E-state index in [2.05, 4.69) is 5.32 Å². The molecule has 0 saturated heterocycles. The summed E-state index contributed by atoms with van der Waals surface area (Å²) in [6, 6.07) is 5.51. The lowest BCUT2D eigenvalue weighted by Crippen LogP contribution is -2.31. The predicted octanol–water partition coefficient (Wildman–Crippen LogP) is 1.74. The van der Waals surface area contributed by atoms with Crippen molar-refractivity contribution in [3.05, 3.63) is 28.8 Å². The molecule has 15 heavy (non-hydrogen) atoms. The average molecular weight is 228 g/mol. The van der Waals surface area contributed by atoms with Crippen LogP contribution in [-0.4, -0.2) is 24.8 Å². The Morgan fingerprint density at radius 2 is 2.33 bits per heavy atom. The molecule has 1 aliphatic heterocycles. The van der Waals surface area contributed by atoms with Gasteiger partial charge in [0.15, 0.2) is 0 Å². The fourth-order valence-electron chi connectivity index (χ4n) is 1.77. The molecule has 1 aromatic rings. The molecular weight excluding hydrogens is 214 g/mol. The lowest BCUT2D eigenvalue weighted by atomic mass is 10.0. The molecule has 2 N–H and O–H groups in total. The van der Waals surface area contributed by atoms with Crippen LogP contribution < -0.4 is 10.1 Å². The Hall–Kier alpha value is -0.770. The third kappa shape index (κ3) is 2.25. The van der Waals surface area contributed by atoms with Gasteiger partial charge in [-0.1, -0.05) is 11.6 Å². The van der Waals surface area contributed by atoms with Crippen molar-refractivity contribution in [1.82, 2.24) is 5.32 Å². The van der Waals surface area contributed by atoms with Crippen LogP contribution >= 0.6 is 11.6 Å². The van der Waals surface area contributed by atoms with Gasteiger partial charge in [-0.3, -0.25) is 0 Å². The number of likely N-dealkylation sites (N-methyl/N-ethyl adjacent to an activating group) is 1. The molecule has 4 heteroatoms. The number of hydrogen-bond acceptors (Lipinski definition) is 3. The molecule has 0 radical (unpaired) electrons. The number of aliphatic hydroxyl groups is 1. The number of hydrogen-bond donors (Lipinski definition) is 2. The van der Waals surface area contributed by atoms with Crippen LogP contribution in [0.5, 0.6) is 5.75 Å². The predicted molar refractivity (Wildman–Crippen MR) is 59.4 cm³/mol. The van der Waals surface area contributed by atoms with Crippen molar-refractivity contribution in [2.24, 2.45) is 0 Å². The van der Waals surface area contributed by atoms with Gasteiger partial charge in [0.1, 0.15) is 12.4 Å². The number of nitrogens with one attached hydrogen (secondary N) is 1. The van der Waals surface area contributed by atoms with Gasteiger partial charge in [-0.25, -0.2) is 0 Å². The smallest absolute Gasteiger partial charge is 0.125 e. The minimum Gasteiger partial charge on any atom is -0.492 e. The van der Waals surface area contributed by atoms with Crippen molar-refractivity contribution < 1.29 is 9.84 Å². The van der Waals surface area contributed by atoms with Crippen LogP contribution in [0.15, 0.2) is 18.2 Å². The average Bonchev–Trinajstić information content (AvgIpc) is 2.39. The molecule has 0 bridgehead atoms. The highest BCUT2D eigenvalue weighted by Crippen LogP contribution is 2.33. The zero-order valence-electron chi connectivity index (χ0n) is 8.53. The first-order chi connectivity index (χ1) is 7.20. The van der Waals surface area contributed by atoms with E-state index in [1.54, 1.807) is 18.2 Å². The maximum atomic E-state index is 9.99. The normalized spacial score (nSPS) is 25.3. The molecule has 2 rings (SSSR count). The van der Waals surface area contributed by atoms with E-state index in [0.717, 1.165) is 11.3 Å². The first-order valence-electron chi connectivity index (χ1n) is 4.98. The van der Waals surface area contributed by atoms with Crippen molar-refractivity contribution in [3.8, 4) is 5.75 Å². The van der Waals surface area contributed by atoms with Gasteiger partial charge in [0.2, 0.25) is 0 Å². The monoisotopic (exact) mass is 227 g/mol. The highest BCUT2D eigenvalue weighted by Gasteiger charge is 2.23. The van der Waals surface area contributed by atoms with Crippen LogP contribution in [0.4, 0.5) is 0 Å². The van der Waals surface area contributed by atoms with Gasteiger partial charge >= 0.3 is 0 Å². The number of fused-ring (bicyclic) bond motifs is 1. The SMILES string of the molecule is CN[C@H]1COc2ccc(Cl)cc2[C@@H](O)C1. The summed E-state index contributed by atoms with van der Waals surface area (Å²) in [4.78, 5) is 0. The molecule has 0 spiro atoms. The van der Waals surface area contributed by atoms with Crippen LogP contribution in [0.1, 0.15) is 18.1 Å². The van der Waals surface area contributed by atoms with Crippen molar-refractivity contribution in [3.63, 3.8) is 0 Å². The van der Waals surface area contributed by atoms with E-state index in [9.17, 15) is 5.11 Å². The molecule has 1 aromatic carbocycles. The fraction of sp³-hybridized carbons (Fsp3) is 0.455. The van der Waals surface area contributed by atoms with Crippen LogP contribution in [0.25, 0.3) is 0 Å². The quantitative estimate of drug-likeness (QED) is 0.768. The van der Waals surface area contributed by atoms with Crippen molar-refractivity contribution in [2.75, 3.05) is 13.7 Å². The third-order valence-electron chi connectivity index (χ3n) is 2.69. The molecule has 0 unspecified atom stereocenters. The Labute approximate surface area is 94.0 Å². The van der Waals surface area contributed by atoms with E-state index in [1.807, 2.05) is 7.05 Å². The lowest BCUT2D eigenvalue weighted by Gasteiger charge is -2.14. The Balaban J connectivity index is 2.31. The summed E-state index contributed by atoms with van der Waals surface area (Å²) >= 11 is 5.88. The fourth-order valence-corrected chi connectivity index (χ4v) is 1.95. The number of halogens is 1. The molecule has 1 heterocycles. The highest BCUT2D eigenvalue weighted by atomic mass is 35.5. The molecule has 1 aliphatic rings. The molecular formula is C11H14ClNO2. The molecule has 0 saturated carbocycles. The van der Waals surface area contributed by atoms with Crippen LogP contribution in [0.2, 0.25) is 5.02 Å². The Morgan fingerprint density at radius 1 is 1.53 bits per heavy atom. The second-order valence-corrected chi connectivity index (χ2v) is 4.17. The topological polar surface area (TPSA) is 41.5 Å².